The van der Waals surface area contributed by atoms with E-state index in [1.165, 1.54) is 6.08 Å². The molecule has 0 aliphatic rings. The molecule has 28 heavy (non-hydrogen) atoms. The van der Waals surface area contributed by atoms with Crippen molar-refractivity contribution in [2.24, 2.45) is 0 Å². The third-order valence-electron chi connectivity index (χ3n) is 3.99. The van der Waals surface area contributed by atoms with Crippen molar-refractivity contribution in [2.75, 3.05) is 0 Å². The van der Waals surface area contributed by atoms with Gasteiger partial charge < -0.3 is 9.47 Å². The maximum Gasteiger partial charge on any atom is 0.162 e. The maximum absolute atomic E-state index is 8.98. The van der Waals surface area contributed by atoms with Gasteiger partial charge in [-0.25, -0.2) is 0 Å². The first-order valence-electron chi connectivity index (χ1n) is 8.78. The van der Waals surface area contributed by atoms with Crippen molar-refractivity contribution in [1.82, 2.24) is 0 Å². The highest BCUT2D eigenvalue weighted by Gasteiger charge is 2.08. The summed E-state index contributed by atoms with van der Waals surface area (Å²) in [7, 11) is 0. The Morgan fingerprint density at radius 1 is 0.714 bits per heavy atom. The first-order valence-corrected chi connectivity index (χ1v) is 8.78. The summed E-state index contributed by atoms with van der Waals surface area (Å²) in [5.41, 5.74) is 2.82. The normalized spacial score (nSPS) is 9.64. The average Bonchev–Trinajstić information content (AvgIpc) is 2.76. The van der Waals surface area contributed by atoms with Crippen LogP contribution in [0.25, 0.3) is 6.08 Å². The fraction of sp³-hybridized carbons (Fsp3) is 0.0833. The third-order valence-corrected chi connectivity index (χ3v) is 3.99. The summed E-state index contributed by atoms with van der Waals surface area (Å²) in [4.78, 5) is 0. The zero-order valence-corrected chi connectivity index (χ0v) is 15.2. The summed E-state index contributed by atoms with van der Waals surface area (Å²) in [5, 5.41) is 18.0. The summed E-state index contributed by atoms with van der Waals surface area (Å²) in [5.74, 6) is 1.16. The van der Waals surface area contributed by atoms with Gasteiger partial charge in [-0.05, 0) is 34.9 Å². The molecule has 0 aromatic heterocycles. The maximum atomic E-state index is 8.98. The van der Waals surface area contributed by atoms with Gasteiger partial charge in [0.2, 0.25) is 0 Å². The molecule has 0 saturated carbocycles. The van der Waals surface area contributed by atoms with Crippen molar-refractivity contribution in [2.45, 2.75) is 13.2 Å². The summed E-state index contributed by atoms with van der Waals surface area (Å²) in [6.45, 7) is 0.804. The SMILES string of the molecule is N#CC(C#N)=Cc1ccc(OCc2ccccc2)c(OCc2ccccc2)c1. The molecule has 4 heteroatoms. The van der Waals surface area contributed by atoms with E-state index in [9.17, 15) is 0 Å². The number of hydrogen-bond acceptors (Lipinski definition) is 4. The standard InChI is InChI=1S/C24H18N2O2/c25-15-22(16-26)13-21-11-12-23(27-17-19-7-3-1-4-8-19)24(14-21)28-18-20-9-5-2-6-10-20/h1-14H,17-18H2. The summed E-state index contributed by atoms with van der Waals surface area (Å²) < 4.78 is 11.9. The molecule has 4 nitrogen and oxygen atoms in total. The number of ether oxygens (including phenoxy) is 2. The molecule has 0 heterocycles. The van der Waals surface area contributed by atoms with Gasteiger partial charge in [0, 0.05) is 0 Å². The molecule has 0 amide bonds. The lowest BCUT2D eigenvalue weighted by Crippen LogP contribution is -2.01. The van der Waals surface area contributed by atoms with Crippen LogP contribution in [0.3, 0.4) is 0 Å². The molecule has 0 radical (unpaired) electrons. The average molecular weight is 366 g/mol. The second kappa shape index (κ2) is 9.62. The van der Waals surface area contributed by atoms with Gasteiger partial charge in [0.05, 0.1) is 0 Å². The Bertz CT molecular complexity index is 1010. The lowest BCUT2D eigenvalue weighted by molar-refractivity contribution is 0.256. The quantitative estimate of drug-likeness (QED) is 0.534. The van der Waals surface area contributed by atoms with E-state index in [0.717, 1.165) is 11.1 Å². The molecule has 3 aromatic rings. The van der Waals surface area contributed by atoms with Crippen LogP contribution in [0.4, 0.5) is 0 Å². The fourth-order valence-electron chi connectivity index (χ4n) is 2.57. The number of allylic oxidation sites excluding steroid dienone is 1. The fourth-order valence-corrected chi connectivity index (χ4v) is 2.57. The zero-order valence-electron chi connectivity index (χ0n) is 15.2. The molecule has 0 fully saturated rings. The molecular formula is C24H18N2O2. The molecule has 0 bridgehead atoms. The van der Waals surface area contributed by atoms with Crippen molar-refractivity contribution in [1.29, 1.82) is 10.5 Å². The predicted octanol–water partition coefficient (Wildman–Crippen LogP) is 5.28. The van der Waals surface area contributed by atoms with Crippen molar-refractivity contribution in [3.8, 4) is 23.6 Å². The Morgan fingerprint density at radius 3 is 1.79 bits per heavy atom. The van der Waals surface area contributed by atoms with Gasteiger partial charge in [0.15, 0.2) is 11.5 Å². The van der Waals surface area contributed by atoms with E-state index in [4.69, 9.17) is 20.0 Å². The number of nitrogens with zero attached hydrogens (tertiary/aromatic N) is 2. The first-order chi connectivity index (χ1) is 13.8. The lowest BCUT2D eigenvalue weighted by atomic mass is 10.1. The highest BCUT2D eigenvalue weighted by atomic mass is 16.5. The zero-order chi connectivity index (χ0) is 19.6. The Hall–Kier alpha value is -4.02. The van der Waals surface area contributed by atoms with E-state index < -0.39 is 0 Å². The Labute approximate surface area is 164 Å². The molecule has 0 atom stereocenters. The Morgan fingerprint density at radius 2 is 1.25 bits per heavy atom. The molecule has 0 aliphatic carbocycles. The topological polar surface area (TPSA) is 66.0 Å². The predicted molar refractivity (Wildman–Crippen MR) is 107 cm³/mol. The monoisotopic (exact) mass is 366 g/mol. The van der Waals surface area contributed by atoms with E-state index in [0.29, 0.717) is 30.3 Å². The van der Waals surface area contributed by atoms with Gasteiger partial charge in [-0.15, -0.1) is 0 Å². The van der Waals surface area contributed by atoms with Crippen LogP contribution in [0.5, 0.6) is 11.5 Å². The molecule has 0 unspecified atom stereocenters. The van der Waals surface area contributed by atoms with Gasteiger partial charge in [-0.1, -0.05) is 66.7 Å². The minimum atomic E-state index is 0.0342. The highest BCUT2D eigenvalue weighted by molar-refractivity contribution is 5.64. The molecule has 136 valence electrons. The molecule has 3 aromatic carbocycles. The molecule has 0 spiro atoms. The van der Waals surface area contributed by atoms with E-state index in [2.05, 4.69) is 0 Å². The van der Waals surface area contributed by atoms with E-state index >= 15 is 0 Å². The van der Waals surface area contributed by atoms with Crippen molar-refractivity contribution in [3.05, 3.63) is 101 Å². The van der Waals surface area contributed by atoms with Gasteiger partial charge in [-0.2, -0.15) is 10.5 Å². The van der Waals surface area contributed by atoms with Gasteiger partial charge in [0.1, 0.15) is 30.9 Å². The first kappa shape index (κ1) is 18.8. The van der Waals surface area contributed by atoms with Crippen LogP contribution in [0.1, 0.15) is 16.7 Å². The molecule has 0 aliphatic heterocycles. The summed E-state index contributed by atoms with van der Waals surface area (Å²) >= 11 is 0. The molecule has 3 rings (SSSR count). The second-order valence-corrected chi connectivity index (χ2v) is 6.04. The number of nitriles is 2. The minimum absolute atomic E-state index is 0.0342. The summed E-state index contributed by atoms with van der Waals surface area (Å²) in [6.07, 6.45) is 1.52. The largest absolute Gasteiger partial charge is 0.485 e. The second-order valence-electron chi connectivity index (χ2n) is 6.04. The summed E-state index contributed by atoms with van der Waals surface area (Å²) in [6, 6.07) is 28.8. The van der Waals surface area contributed by atoms with Crippen LogP contribution in [-0.2, 0) is 13.2 Å². The van der Waals surface area contributed by atoms with Crippen LogP contribution in [0.2, 0.25) is 0 Å². The lowest BCUT2D eigenvalue weighted by Gasteiger charge is -2.14. The number of benzene rings is 3. The van der Waals surface area contributed by atoms with Crippen molar-refractivity contribution in [3.63, 3.8) is 0 Å². The Balaban J connectivity index is 1.83. The molecule has 0 saturated heterocycles. The minimum Gasteiger partial charge on any atom is -0.485 e. The molecule has 0 N–H and O–H groups in total. The number of hydrogen-bond donors (Lipinski definition) is 0. The van der Waals surface area contributed by atoms with Crippen LogP contribution in [-0.4, -0.2) is 0 Å². The van der Waals surface area contributed by atoms with Crippen LogP contribution in [0, 0.1) is 22.7 Å². The van der Waals surface area contributed by atoms with Crippen LogP contribution in [0.15, 0.2) is 84.4 Å². The van der Waals surface area contributed by atoms with E-state index in [1.54, 1.807) is 18.2 Å². The highest BCUT2D eigenvalue weighted by Crippen LogP contribution is 2.31. The van der Waals surface area contributed by atoms with E-state index in [1.807, 2.05) is 72.8 Å². The van der Waals surface area contributed by atoms with Crippen molar-refractivity contribution >= 4 is 6.08 Å². The van der Waals surface area contributed by atoms with Crippen LogP contribution < -0.4 is 9.47 Å². The third kappa shape index (κ3) is 5.24. The molecular weight excluding hydrogens is 348 g/mol. The van der Waals surface area contributed by atoms with Crippen LogP contribution >= 0.6 is 0 Å². The van der Waals surface area contributed by atoms with E-state index in [-0.39, 0.29) is 5.57 Å². The van der Waals surface area contributed by atoms with Crippen molar-refractivity contribution < 1.29 is 9.47 Å². The van der Waals surface area contributed by atoms with Gasteiger partial charge in [-0.3, -0.25) is 0 Å². The smallest absolute Gasteiger partial charge is 0.162 e. The Kier molecular flexibility index (Phi) is 6.44. The number of rotatable bonds is 7. The van der Waals surface area contributed by atoms with Gasteiger partial charge >= 0.3 is 0 Å². The van der Waals surface area contributed by atoms with Gasteiger partial charge in [0.25, 0.3) is 0 Å².